The van der Waals surface area contributed by atoms with Crippen molar-refractivity contribution in [3.05, 3.63) is 65.2 Å². The largest absolute Gasteiger partial charge is 0.485 e. The van der Waals surface area contributed by atoms with Gasteiger partial charge in [0.25, 0.3) is 0 Å². The zero-order valence-corrected chi connectivity index (χ0v) is 11.9. The molecule has 0 saturated carbocycles. The summed E-state index contributed by atoms with van der Waals surface area (Å²) in [5.74, 6) is 0.913. The zero-order valence-electron chi connectivity index (χ0n) is 11.9. The van der Waals surface area contributed by atoms with Crippen LogP contribution in [0, 0.1) is 5.41 Å². The molecule has 0 bridgehead atoms. The lowest BCUT2D eigenvalue weighted by molar-refractivity contribution is 0.136. The molecule has 0 radical (unpaired) electrons. The molecule has 1 atom stereocenters. The molecule has 0 spiro atoms. The van der Waals surface area contributed by atoms with Gasteiger partial charge in [-0.2, -0.15) is 0 Å². The molecule has 2 aromatic carbocycles. The van der Waals surface area contributed by atoms with Crippen molar-refractivity contribution in [2.75, 3.05) is 0 Å². The van der Waals surface area contributed by atoms with Gasteiger partial charge in [0.1, 0.15) is 11.9 Å². The highest BCUT2D eigenvalue weighted by Gasteiger charge is 2.34. The van der Waals surface area contributed by atoms with Crippen molar-refractivity contribution < 1.29 is 4.74 Å². The molecule has 1 N–H and O–H groups in total. The third-order valence-corrected chi connectivity index (χ3v) is 4.04. The molecule has 0 fully saturated rings. The van der Waals surface area contributed by atoms with E-state index in [2.05, 4.69) is 44.2 Å². The SMILES string of the molecule is CC1(C)CC(c2ccccc2)Oc2cc(C=N)ccc21. The van der Waals surface area contributed by atoms with E-state index in [-0.39, 0.29) is 11.5 Å². The molecule has 102 valence electrons. The van der Waals surface area contributed by atoms with E-state index in [9.17, 15) is 0 Å². The molecule has 0 aromatic heterocycles. The van der Waals surface area contributed by atoms with Crippen molar-refractivity contribution in [3.8, 4) is 5.75 Å². The van der Waals surface area contributed by atoms with Gasteiger partial charge in [0.15, 0.2) is 0 Å². The van der Waals surface area contributed by atoms with Gasteiger partial charge >= 0.3 is 0 Å². The van der Waals surface area contributed by atoms with Crippen LogP contribution in [0.2, 0.25) is 0 Å². The number of hydrogen-bond donors (Lipinski definition) is 1. The fraction of sp³-hybridized carbons (Fsp3) is 0.278. The Morgan fingerprint density at radius 1 is 1.15 bits per heavy atom. The lowest BCUT2D eigenvalue weighted by Gasteiger charge is -2.38. The second-order valence-electron chi connectivity index (χ2n) is 6.01. The molecular weight excluding hydrogens is 246 g/mol. The molecule has 2 heteroatoms. The van der Waals surface area contributed by atoms with Gasteiger partial charge in [-0.3, -0.25) is 0 Å². The van der Waals surface area contributed by atoms with Crippen molar-refractivity contribution in [2.45, 2.75) is 31.8 Å². The summed E-state index contributed by atoms with van der Waals surface area (Å²) >= 11 is 0. The summed E-state index contributed by atoms with van der Waals surface area (Å²) in [4.78, 5) is 0. The molecule has 1 aliphatic heterocycles. The maximum absolute atomic E-state index is 7.39. The lowest BCUT2D eigenvalue weighted by Crippen LogP contribution is -2.29. The molecule has 1 unspecified atom stereocenters. The Hall–Kier alpha value is -2.09. The molecule has 20 heavy (non-hydrogen) atoms. The fourth-order valence-electron chi connectivity index (χ4n) is 2.91. The topological polar surface area (TPSA) is 33.1 Å². The highest BCUT2D eigenvalue weighted by Crippen LogP contribution is 2.45. The van der Waals surface area contributed by atoms with Crippen LogP contribution >= 0.6 is 0 Å². The summed E-state index contributed by atoms with van der Waals surface area (Å²) in [6.45, 7) is 4.52. The van der Waals surface area contributed by atoms with Gasteiger partial charge in [-0.1, -0.05) is 56.3 Å². The van der Waals surface area contributed by atoms with E-state index < -0.39 is 0 Å². The van der Waals surface area contributed by atoms with Crippen LogP contribution in [0.25, 0.3) is 0 Å². The van der Waals surface area contributed by atoms with Crippen molar-refractivity contribution in [2.24, 2.45) is 0 Å². The van der Waals surface area contributed by atoms with Crippen LogP contribution in [0.3, 0.4) is 0 Å². The van der Waals surface area contributed by atoms with Crippen molar-refractivity contribution in [1.29, 1.82) is 5.41 Å². The van der Waals surface area contributed by atoms with Crippen LogP contribution in [0.15, 0.2) is 48.5 Å². The number of benzene rings is 2. The first-order valence-electron chi connectivity index (χ1n) is 6.97. The minimum atomic E-state index is 0.0780. The van der Waals surface area contributed by atoms with Gasteiger partial charge in [-0.15, -0.1) is 0 Å². The minimum absolute atomic E-state index is 0.0780. The Labute approximate surface area is 119 Å². The van der Waals surface area contributed by atoms with E-state index in [4.69, 9.17) is 10.1 Å². The molecular formula is C18H19NO. The number of rotatable bonds is 2. The van der Waals surface area contributed by atoms with Crippen LogP contribution in [0.1, 0.15) is 43.1 Å². The molecule has 2 aromatic rings. The summed E-state index contributed by atoms with van der Waals surface area (Å²) in [5.41, 5.74) is 3.41. The maximum atomic E-state index is 7.39. The second kappa shape index (κ2) is 4.78. The van der Waals surface area contributed by atoms with Crippen LogP contribution in [0.5, 0.6) is 5.75 Å². The maximum Gasteiger partial charge on any atom is 0.125 e. The number of ether oxygens (including phenoxy) is 1. The summed E-state index contributed by atoms with van der Waals surface area (Å²) in [5, 5.41) is 7.39. The highest BCUT2D eigenvalue weighted by atomic mass is 16.5. The van der Waals surface area contributed by atoms with E-state index in [1.807, 2.05) is 18.2 Å². The Morgan fingerprint density at radius 2 is 1.90 bits per heavy atom. The van der Waals surface area contributed by atoms with Crippen molar-refractivity contribution in [1.82, 2.24) is 0 Å². The molecule has 0 saturated heterocycles. The van der Waals surface area contributed by atoms with Gasteiger partial charge in [-0.05, 0) is 34.6 Å². The number of hydrogen-bond acceptors (Lipinski definition) is 2. The first-order valence-corrected chi connectivity index (χ1v) is 6.97. The molecule has 0 aliphatic carbocycles. The number of nitrogens with one attached hydrogen (secondary N) is 1. The quantitative estimate of drug-likeness (QED) is 0.798. The van der Waals surface area contributed by atoms with Gasteiger partial charge < -0.3 is 10.1 Å². The molecule has 3 rings (SSSR count). The first kappa shape index (κ1) is 12.9. The third kappa shape index (κ3) is 2.22. The lowest BCUT2D eigenvalue weighted by atomic mass is 9.76. The summed E-state index contributed by atoms with van der Waals surface area (Å²) in [7, 11) is 0. The fourth-order valence-corrected chi connectivity index (χ4v) is 2.91. The minimum Gasteiger partial charge on any atom is -0.485 e. The average molecular weight is 265 g/mol. The van der Waals surface area contributed by atoms with Gasteiger partial charge in [-0.25, -0.2) is 0 Å². The summed E-state index contributed by atoms with van der Waals surface area (Å²) < 4.78 is 6.19. The first-order chi connectivity index (χ1) is 9.60. The smallest absolute Gasteiger partial charge is 0.125 e. The van der Waals surface area contributed by atoms with Crippen LogP contribution < -0.4 is 4.74 Å². The normalized spacial score (nSPS) is 19.8. The number of fused-ring (bicyclic) bond motifs is 1. The Balaban J connectivity index is 2.03. The highest BCUT2D eigenvalue weighted by molar-refractivity contribution is 5.78. The van der Waals surface area contributed by atoms with Gasteiger partial charge in [0.2, 0.25) is 0 Å². The third-order valence-electron chi connectivity index (χ3n) is 4.04. The van der Waals surface area contributed by atoms with Crippen LogP contribution in [-0.4, -0.2) is 6.21 Å². The predicted octanol–water partition coefficient (Wildman–Crippen LogP) is 4.49. The summed E-state index contributed by atoms with van der Waals surface area (Å²) in [6, 6.07) is 16.4. The molecule has 0 amide bonds. The van der Waals surface area contributed by atoms with E-state index in [0.29, 0.717) is 0 Å². The second-order valence-corrected chi connectivity index (χ2v) is 6.01. The predicted molar refractivity (Wildman–Crippen MR) is 81.8 cm³/mol. The zero-order chi connectivity index (χ0) is 14.2. The van der Waals surface area contributed by atoms with Crippen molar-refractivity contribution in [3.63, 3.8) is 0 Å². The van der Waals surface area contributed by atoms with Gasteiger partial charge in [0, 0.05) is 6.21 Å². The standard InChI is InChI=1S/C18H19NO/c1-18(2)11-17(14-6-4-3-5-7-14)20-16-10-13(12-19)8-9-15(16)18/h3-10,12,17,19H,11H2,1-2H3. The van der Waals surface area contributed by atoms with E-state index in [0.717, 1.165) is 17.7 Å². The van der Waals surface area contributed by atoms with Crippen molar-refractivity contribution >= 4 is 6.21 Å². The van der Waals surface area contributed by atoms with E-state index >= 15 is 0 Å². The van der Waals surface area contributed by atoms with E-state index in [1.165, 1.54) is 17.3 Å². The van der Waals surface area contributed by atoms with Crippen LogP contribution in [0.4, 0.5) is 0 Å². The van der Waals surface area contributed by atoms with Gasteiger partial charge in [0.05, 0.1) is 0 Å². The molecule has 1 aliphatic rings. The Bertz CT molecular complexity index is 631. The Morgan fingerprint density at radius 3 is 2.60 bits per heavy atom. The molecule has 1 heterocycles. The Kier molecular flexibility index (Phi) is 3.09. The molecule has 2 nitrogen and oxygen atoms in total. The van der Waals surface area contributed by atoms with Crippen LogP contribution in [-0.2, 0) is 5.41 Å². The average Bonchev–Trinajstić information content (AvgIpc) is 2.46. The van der Waals surface area contributed by atoms with E-state index in [1.54, 1.807) is 0 Å². The monoisotopic (exact) mass is 265 g/mol. The summed E-state index contributed by atoms with van der Waals surface area (Å²) in [6.07, 6.45) is 2.41.